The van der Waals surface area contributed by atoms with E-state index < -0.39 is 0 Å². The monoisotopic (exact) mass is 370 g/mol. The normalized spacial score (nSPS) is 10.9. The number of hydrogen-bond donors (Lipinski definition) is 1. The summed E-state index contributed by atoms with van der Waals surface area (Å²) in [5, 5.41) is 12.1. The van der Waals surface area contributed by atoms with Crippen LogP contribution in [0.2, 0.25) is 0 Å². The molecule has 0 aliphatic rings. The number of anilines is 1. The van der Waals surface area contributed by atoms with E-state index in [9.17, 15) is 4.79 Å². The third-order valence-corrected chi connectivity index (χ3v) is 5.08. The first-order chi connectivity index (χ1) is 12.6. The molecular weight excluding hydrogens is 348 g/mol. The van der Waals surface area contributed by atoms with Crippen LogP contribution in [0.5, 0.6) is 0 Å². The zero-order valence-electron chi connectivity index (χ0n) is 15.2. The van der Waals surface area contributed by atoms with E-state index in [1.807, 2.05) is 48.7 Å². The number of nitrogens with one attached hydrogen (secondary N) is 1. The second kappa shape index (κ2) is 8.23. The quantitative estimate of drug-likeness (QED) is 0.632. The molecule has 2 aromatic heterocycles. The Morgan fingerprint density at radius 3 is 2.77 bits per heavy atom. The molecule has 0 radical (unpaired) electrons. The molecule has 2 heterocycles. The van der Waals surface area contributed by atoms with Crippen molar-refractivity contribution in [2.75, 3.05) is 11.1 Å². The van der Waals surface area contributed by atoms with Crippen LogP contribution in [0.4, 0.5) is 5.69 Å². The average molecular weight is 370 g/mol. The predicted octanol–water partition coefficient (Wildman–Crippen LogP) is 4.16. The predicted molar refractivity (Wildman–Crippen MR) is 103 cm³/mol. The highest BCUT2D eigenvalue weighted by molar-refractivity contribution is 7.99. The maximum Gasteiger partial charge on any atom is 0.234 e. The van der Waals surface area contributed by atoms with E-state index in [1.165, 1.54) is 11.8 Å². The summed E-state index contributed by atoms with van der Waals surface area (Å²) in [6, 6.07) is 9.72. The summed E-state index contributed by atoms with van der Waals surface area (Å²) in [6.45, 7) is 6.80. The largest absolute Gasteiger partial charge is 0.461 e. The topological polar surface area (TPSA) is 73.0 Å². The van der Waals surface area contributed by atoms with Crippen molar-refractivity contribution >= 4 is 23.4 Å². The van der Waals surface area contributed by atoms with Gasteiger partial charge in [-0.2, -0.15) is 0 Å². The molecule has 0 atom stereocenters. The number of amides is 1. The van der Waals surface area contributed by atoms with Gasteiger partial charge in [-0.1, -0.05) is 36.9 Å². The summed E-state index contributed by atoms with van der Waals surface area (Å²) >= 11 is 1.37. The highest BCUT2D eigenvalue weighted by Gasteiger charge is 2.16. The first-order valence-corrected chi connectivity index (χ1v) is 9.60. The fourth-order valence-corrected chi connectivity index (χ4v) is 3.58. The van der Waals surface area contributed by atoms with Gasteiger partial charge in [-0.25, -0.2) is 0 Å². The fourth-order valence-electron chi connectivity index (χ4n) is 2.78. The molecule has 0 spiro atoms. The van der Waals surface area contributed by atoms with Gasteiger partial charge in [-0.15, -0.1) is 10.2 Å². The van der Waals surface area contributed by atoms with Crippen LogP contribution in [0.1, 0.15) is 25.0 Å². The Labute approximate surface area is 157 Å². The zero-order valence-corrected chi connectivity index (χ0v) is 16.0. The lowest BCUT2D eigenvalue weighted by atomic mass is 10.1. The molecule has 26 heavy (non-hydrogen) atoms. The minimum absolute atomic E-state index is 0.0517. The minimum atomic E-state index is -0.0517. The van der Waals surface area contributed by atoms with E-state index in [-0.39, 0.29) is 11.7 Å². The van der Waals surface area contributed by atoms with Crippen molar-refractivity contribution in [3.8, 4) is 11.6 Å². The molecule has 1 amide bonds. The van der Waals surface area contributed by atoms with E-state index in [1.54, 1.807) is 6.26 Å². The zero-order chi connectivity index (χ0) is 18.5. The molecule has 7 heteroatoms. The average Bonchev–Trinajstić information content (AvgIpc) is 3.30. The van der Waals surface area contributed by atoms with Crippen molar-refractivity contribution in [1.82, 2.24) is 14.8 Å². The van der Waals surface area contributed by atoms with Gasteiger partial charge in [0.15, 0.2) is 16.7 Å². The molecule has 136 valence electrons. The smallest absolute Gasteiger partial charge is 0.234 e. The lowest BCUT2D eigenvalue weighted by Crippen LogP contribution is -2.16. The van der Waals surface area contributed by atoms with Crippen LogP contribution in [0.3, 0.4) is 0 Å². The van der Waals surface area contributed by atoms with Gasteiger partial charge in [0.05, 0.1) is 12.0 Å². The van der Waals surface area contributed by atoms with Crippen molar-refractivity contribution in [2.45, 2.75) is 38.9 Å². The number of aromatic nitrogens is 3. The first-order valence-electron chi connectivity index (χ1n) is 8.62. The number of carbonyl (C=O) groups excluding carboxylic acids is 1. The molecule has 1 N–H and O–H groups in total. The van der Waals surface area contributed by atoms with E-state index >= 15 is 0 Å². The van der Waals surface area contributed by atoms with Gasteiger partial charge in [0.1, 0.15) is 0 Å². The van der Waals surface area contributed by atoms with E-state index in [2.05, 4.69) is 22.4 Å². The SMILES string of the molecule is CCc1cccc(C)c1NC(=O)CSc1nnc(-c2ccco2)n1CC. The Hall–Kier alpha value is -2.54. The molecule has 3 aromatic rings. The molecule has 6 nitrogen and oxygen atoms in total. The fraction of sp³-hybridized carbons (Fsp3) is 0.316. The third-order valence-electron chi connectivity index (χ3n) is 4.11. The summed E-state index contributed by atoms with van der Waals surface area (Å²) in [4.78, 5) is 12.4. The number of rotatable bonds is 7. The van der Waals surface area contributed by atoms with Crippen LogP contribution >= 0.6 is 11.8 Å². The molecule has 1 aromatic carbocycles. The van der Waals surface area contributed by atoms with Crippen LogP contribution in [-0.2, 0) is 17.8 Å². The number of hydrogen-bond acceptors (Lipinski definition) is 5. The standard InChI is InChI=1S/C19H22N4O2S/c1-4-14-9-6-8-13(3)17(14)20-16(24)12-26-19-22-21-18(23(19)5-2)15-10-7-11-25-15/h6-11H,4-5,12H2,1-3H3,(H,20,24). The lowest BCUT2D eigenvalue weighted by Gasteiger charge is -2.12. The van der Waals surface area contributed by atoms with Crippen LogP contribution in [0.25, 0.3) is 11.6 Å². The molecule has 3 rings (SSSR count). The van der Waals surface area contributed by atoms with Crippen LogP contribution < -0.4 is 5.32 Å². The first kappa shape index (κ1) is 18.3. The van der Waals surface area contributed by atoms with E-state index in [0.717, 1.165) is 23.2 Å². The summed E-state index contributed by atoms with van der Waals surface area (Å²) in [5.74, 6) is 1.56. The number of carbonyl (C=O) groups is 1. The molecule has 0 aliphatic heterocycles. The van der Waals surface area contributed by atoms with Gasteiger partial charge in [0, 0.05) is 12.2 Å². The number of aryl methyl sites for hydroxylation is 2. The number of thioether (sulfide) groups is 1. The van der Waals surface area contributed by atoms with Crippen LogP contribution in [0.15, 0.2) is 46.2 Å². The van der Waals surface area contributed by atoms with Crippen molar-refractivity contribution in [3.63, 3.8) is 0 Å². The molecule has 0 aliphatic carbocycles. The lowest BCUT2D eigenvalue weighted by molar-refractivity contribution is -0.113. The van der Waals surface area contributed by atoms with Gasteiger partial charge in [-0.3, -0.25) is 9.36 Å². The Bertz CT molecular complexity index is 887. The summed E-state index contributed by atoms with van der Waals surface area (Å²) in [6.07, 6.45) is 2.49. The Morgan fingerprint density at radius 1 is 1.23 bits per heavy atom. The molecule has 0 bridgehead atoms. The Morgan fingerprint density at radius 2 is 2.08 bits per heavy atom. The molecule has 0 saturated heterocycles. The highest BCUT2D eigenvalue weighted by atomic mass is 32.2. The second-order valence-corrected chi connectivity index (χ2v) is 6.77. The molecule has 0 saturated carbocycles. The van der Waals surface area contributed by atoms with Crippen molar-refractivity contribution in [2.24, 2.45) is 0 Å². The Kier molecular flexibility index (Phi) is 5.78. The Balaban J connectivity index is 1.69. The number of nitrogens with zero attached hydrogens (tertiary/aromatic N) is 3. The van der Waals surface area contributed by atoms with Crippen molar-refractivity contribution in [3.05, 3.63) is 47.7 Å². The third kappa shape index (κ3) is 3.83. The molecule has 0 unspecified atom stereocenters. The minimum Gasteiger partial charge on any atom is -0.461 e. The maximum absolute atomic E-state index is 12.4. The summed E-state index contributed by atoms with van der Waals surface area (Å²) in [7, 11) is 0. The number of furan rings is 1. The van der Waals surface area contributed by atoms with E-state index in [0.29, 0.717) is 23.3 Å². The molecular formula is C19H22N4O2S. The van der Waals surface area contributed by atoms with Crippen molar-refractivity contribution < 1.29 is 9.21 Å². The number of para-hydroxylation sites is 1. The van der Waals surface area contributed by atoms with Crippen LogP contribution in [0, 0.1) is 6.92 Å². The second-order valence-electron chi connectivity index (χ2n) is 5.83. The molecule has 0 fully saturated rings. The highest BCUT2D eigenvalue weighted by Crippen LogP contribution is 2.25. The van der Waals surface area contributed by atoms with Gasteiger partial charge >= 0.3 is 0 Å². The van der Waals surface area contributed by atoms with Gasteiger partial charge in [-0.05, 0) is 43.5 Å². The maximum atomic E-state index is 12.4. The number of benzene rings is 1. The van der Waals surface area contributed by atoms with Crippen molar-refractivity contribution in [1.29, 1.82) is 0 Å². The van der Waals surface area contributed by atoms with E-state index in [4.69, 9.17) is 4.42 Å². The summed E-state index contributed by atoms with van der Waals surface area (Å²) in [5.41, 5.74) is 3.12. The van der Waals surface area contributed by atoms with Gasteiger partial charge < -0.3 is 9.73 Å². The summed E-state index contributed by atoms with van der Waals surface area (Å²) < 4.78 is 7.35. The van der Waals surface area contributed by atoms with Gasteiger partial charge in [0.2, 0.25) is 5.91 Å². The van der Waals surface area contributed by atoms with Crippen LogP contribution in [-0.4, -0.2) is 26.4 Å². The van der Waals surface area contributed by atoms with Gasteiger partial charge in [0.25, 0.3) is 0 Å².